The summed E-state index contributed by atoms with van der Waals surface area (Å²) in [5, 5.41) is 12.0. The van der Waals surface area contributed by atoms with Crippen molar-refractivity contribution < 1.29 is 13.7 Å². The number of fused-ring (bicyclic) bond motifs is 1. The van der Waals surface area contributed by atoms with Crippen molar-refractivity contribution in [2.75, 3.05) is 18.1 Å². The minimum Gasteiger partial charge on any atom is -0.339 e. The lowest BCUT2D eigenvalue weighted by atomic mass is 10.1. The van der Waals surface area contributed by atoms with Gasteiger partial charge in [0.1, 0.15) is 6.33 Å². The highest BCUT2D eigenvalue weighted by atomic mass is 19.1. The van der Waals surface area contributed by atoms with Crippen molar-refractivity contribution in [3.8, 4) is 11.1 Å². The molecule has 0 bridgehead atoms. The molecule has 0 spiro atoms. The second-order valence-corrected chi connectivity index (χ2v) is 9.20. The minimum atomic E-state index is -0.607. The first-order chi connectivity index (χ1) is 17.6. The third kappa shape index (κ3) is 5.50. The number of anilines is 1. The van der Waals surface area contributed by atoms with Crippen LogP contribution in [0.25, 0.3) is 16.8 Å². The van der Waals surface area contributed by atoms with Crippen molar-refractivity contribution in [2.45, 2.75) is 50.9 Å². The predicted molar refractivity (Wildman–Crippen MR) is 134 cm³/mol. The van der Waals surface area contributed by atoms with E-state index in [2.05, 4.69) is 26.9 Å². The van der Waals surface area contributed by atoms with Gasteiger partial charge in [0, 0.05) is 42.8 Å². The van der Waals surface area contributed by atoms with Gasteiger partial charge in [-0.2, -0.15) is 4.98 Å². The summed E-state index contributed by atoms with van der Waals surface area (Å²) in [4.78, 5) is 19.4. The summed E-state index contributed by atoms with van der Waals surface area (Å²) in [5.74, 6) is 1.74. The van der Waals surface area contributed by atoms with E-state index in [0.29, 0.717) is 18.4 Å². The van der Waals surface area contributed by atoms with Crippen molar-refractivity contribution in [1.82, 2.24) is 24.7 Å². The molecule has 186 valence electrons. The average Bonchev–Trinajstić information content (AvgIpc) is 3.45. The lowest BCUT2D eigenvalue weighted by Crippen LogP contribution is -2.33. The van der Waals surface area contributed by atoms with Crippen LogP contribution in [0.2, 0.25) is 0 Å². The van der Waals surface area contributed by atoms with E-state index in [1.165, 1.54) is 0 Å². The number of aryl methyl sites for hydroxylation is 1. The second kappa shape index (κ2) is 10.8. The summed E-state index contributed by atoms with van der Waals surface area (Å²) in [6, 6.07) is 11.7. The normalized spacial score (nSPS) is 13.2. The molecule has 0 N–H and O–H groups in total. The quantitative estimate of drug-likeness (QED) is 0.198. The number of alkyl halides is 1. The van der Waals surface area contributed by atoms with Crippen LogP contribution in [-0.2, 0) is 11.2 Å². The summed E-state index contributed by atoms with van der Waals surface area (Å²) >= 11 is 0. The zero-order valence-corrected chi connectivity index (χ0v) is 20.1. The Bertz CT molecular complexity index is 1360. The van der Waals surface area contributed by atoms with Crippen LogP contribution in [0.4, 0.5) is 10.1 Å². The van der Waals surface area contributed by atoms with Crippen LogP contribution in [0.15, 0.2) is 65.6 Å². The Balaban J connectivity index is 1.26. The van der Waals surface area contributed by atoms with Gasteiger partial charge in [0.25, 0.3) is 5.91 Å². The van der Waals surface area contributed by atoms with Gasteiger partial charge in [0.05, 0.1) is 6.67 Å². The van der Waals surface area contributed by atoms with E-state index >= 15 is 0 Å². The minimum absolute atomic E-state index is 0.0276. The maximum atomic E-state index is 13.2. The molecule has 4 aromatic rings. The number of hydrogen-bond acceptors (Lipinski definition) is 6. The van der Waals surface area contributed by atoms with Crippen LogP contribution < -0.4 is 4.90 Å². The highest BCUT2D eigenvalue weighted by Crippen LogP contribution is 2.38. The number of pyridine rings is 1. The Labute approximate surface area is 208 Å². The Morgan fingerprint density at radius 3 is 2.89 bits per heavy atom. The number of unbranched alkanes of at least 4 members (excludes halogenated alkanes) is 2. The lowest BCUT2D eigenvalue weighted by Gasteiger charge is -2.24. The molecule has 0 saturated heterocycles. The van der Waals surface area contributed by atoms with E-state index in [4.69, 9.17) is 4.52 Å². The van der Waals surface area contributed by atoms with Crippen LogP contribution >= 0.6 is 0 Å². The second-order valence-electron chi connectivity index (χ2n) is 9.20. The van der Waals surface area contributed by atoms with Gasteiger partial charge in [0.2, 0.25) is 5.89 Å². The molecule has 1 aromatic carbocycles. The van der Waals surface area contributed by atoms with E-state index in [-0.39, 0.29) is 17.9 Å². The summed E-state index contributed by atoms with van der Waals surface area (Å²) in [5.41, 5.74) is 3.72. The molecular weight excluding hydrogens is 459 g/mol. The molecule has 0 unspecified atom stereocenters. The molecule has 0 radical (unpaired) electrons. The molecule has 8 nitrogen and oxygen atoms in total. The van der Waals surface area contributed by atoms with E-state index in [1.54, 1.807) is 11.2 Å². The van der Waals surface area contributed by atoms with Gasteiger partial charge in [-0.1, -0.05) is 30.3 Å². The number of rotatable bonds is 12. The standard InChI is InChI=1S/C27H29FN6O2/c1-19(13-14-28)27(35)34(15-4-2-3-8-25-30-26(32-36-25)20-9-10-20)23-7-5-6-21(16-23)22-11-12-24-31-29-18-33(24)17-22/h5-7,11-12,16-18,20H,1-4,8-10,13-15H2. The number of carbonyl (C=O) groups is 1. The summed E-state index contributed by atoms with van der Waals surface area (Å²) in [7, 11) is 0. The van der Waals surface area contributed by atoms with Gasteiger partial charge in [-0.05, 0) is 61.1 Å². The van der Waals surface area contributed by atoms with Crippen LogP contribution in [0, 0.1) is 0 Å². The first-order valence-corrected chi connectivity index (χ1v) is 12.4. The lowest BCUT2D eigenvalue weighted by molar-refractivity contribution is -0.115. The van der Waals surface area contributed by atoms with Gasteiger partial charge in [-0.25, -0.2) is 0 Å². The van der Waals surface area contributed by atoms with Crippen molar-refractivity contribution in [2.24, 2.45) is 0 Å². The van der Waals surface area contributed by atoms with Crippen LogP contribution in [-0.4, -0.2) is 43.9 Å². The Kier molecular flexibility index (Phi) is 7.16. The fraction of sp³-hybridized carbons (Fsp3) is 0.370. The van der Waals surface area contributed by atoms with Gasteiger partial charge in [-0.3, -0.25) is 13.6 Å². The maximum Gasteiger partial charge on any atom is 0.253 e. The third-order valence-electron chi connectivity index (χ3n) is 6.42. The molecule has 0 aliphatic heterocycles. The Morgan fingerprint density at radius 1 is 1.17 bits per heavy atom. The number of nitrogens with zero attached hydrogens (tertiary/aromatic N) is 6. The van der Waals surface area contributed by atoms with Gasteiger partial charge in [-0.15, -0.1) is 10.2 Å². The van der Waals surface area contributed by atoms with E-state index < -0.39 is 6.67 Å². The smallest absolute Gasteiger partial charge is 0.253 e. The molecule has 1 saturated carbocycles. The topological polar surface area (TPSA) is 89.4 Å². The first kappa shape index (κ1) is 23.8. The number of hydrogen-bond donors (Lipinski definition) is 0. The molecule has 5 rings (SSSR count). The molecular formula is C27H29FN6O2. The highest BCUT2D eigenvalue weighted by molar-refractivity contribution is 6.05. The fourth-order valence-electron chi connectivity index (χ4n) is 4.21. The molecule has 0 atom stereocenters. The van der Waals surface area contributed by atoms with Crippen molar-refractivity contribution in [1.29, 1.82) is 0 Å². The summed E-state index contributed by atoms with van der Waals surface area (Å²) < 4.78 is 20.2. The zero-order valence-electron chi connectivity index (χ0n) is 20.1. The zero-order chi connectivity index (χ0) is 24.9. The summed E-state index contributed by atoms with van der Waals surface area (Å²) in [6.07, 6.45) is 9.22. The van der Waals surface area contributed by atoms with Crippen LogP contribution in [0.3, 0.4) is 0 Å². The number of amides is 1. The number of carbonyl (C=O) groups excluding carboxylic acids is 1. The molecule has 1 aliphatic rings. The molecule has 1 aliphatic carbocycles. The van der Waals surface area contributed by atoms with Crippen molar-refractivity contribution in [3.63, 3.8) is 0 Å². The average molecular weight is 489 g/mol. The molecule has 1 fully saturated rings. The first-order valence-electron chi connectivity index (χ1n) is 12.4. The van der Waals surface area contributed by atoms with Crippen LogP contribution in [0.5, 0.6) is 0 Å². The van der Waals surface area contributed by atoms with E-state index in [1.807, 2.05) is 47.0 Å². The van der Waals surface area contributed by atoms with Crippen molar-refractivity contribution in [3.05, 3.63) is 72.8 Å². The predicted octanol–water partition coefficient (Wildman–Crippen LogP) is 5.32. The SMILES string of the molecule is C=C(CCF)C(=O)N(CCCCCc1nc(C2CC2)no1)c1cccc(-c2ccc3nncn3c2)c1. The molecule has 1 amide bonds. The van der Waals surface area contributed by atoms with Gasteiger partial charge >= 0.3 is 0 Å². The molecule has 9 heteroatoms. The highest BCUT2D eigenvalue weighted by Gasteiger charge is 2.28. The largest absolute Gasteiger partial charge is 0.339 e. The number of benzene rings is 1. The Hall–Kier alpha value is -3.88. The van der Waals surface area contributed by atoms with Gasteiger partial charge < -0.3 is 9.42 Å². The van der Waals surface area contributed by atoms with Crippen LogP contribution in [0.1, 0.15) is 56.2 Å². The Morgan fingerprint density at radius 2 is 2.06 bits per heavy atom. The van der Waals surface area contributed by atoms with Crippen molar-refractivity contribution >= 4 is 17.2 Å². The van der Waals surface area contributed by atoms with E-state index in [0.717, 1.165) is 66.8 Å². The maximum absolute atomic E-state index is 13.2. The molecule has 36 heavy (non-hydrogen) atoms. The fourth-order valence-corrected chi connectivity index (χ4v) is 4.21. The monoisotopic (exact) mass is 488 g/mol. The third-order valence-corrected chi connectivity index (χ3v) is 6.42. The molecule has 3 heterocycles. The number of halogens is 1. The van der Waals surface area contributed by atoms with E-state index in [9.17, 15) is 9.18 Å². The number of aromatic nitrogens is 5. The van der Waals surface area contributed by atoms with Gasteiger partial charge in [0.15, 0.2) is 11.5 Å². The summed E-state index contributed by atoms with van der Waals surface area (Å²) in [6.45, 7) is 3.73. The molecule has 3 aromatic heterocycles.